The molecule has 0 aliphatic carbocycles. The van der Waals surface area contributed by atoms with Crippen molar-refractivity contribution in [3.05, 3.63) is 96.8 Å². The summed E-state index contributed by atoms with van der Waals surface area (Å²) in [6.07, 6.45) is 0. The molecule has 8 heteroatoms. The predicted octanol–water partition coefficient (Wildman–Crippen LogP) is 5.98. The van der Waals surface area contributed by atoms with Crippen LogP contribution in [0.5, 0.6) is 11.5 Å². The number of carbonyl (C=O) groups is 1. The van der Waals surface area contributed by atoms with Gasteiger partial charge in [-0.3, -0.25) is 14.5 Å². The summed E-state index contributed by atoms with van der Waals surface area (Å²) in [7, 11) is 1.43. The molecule has 3 aromatic carbocycles. The number of nitrogens with zero attached hydrogens (tertiary/aromatic N) is 1. The van der Waals surface area contributed by atoms with Crippen molar-refractivity contribution in [1.29, 1.82) is 0 Å². The van der Waals surface area contributed by atoms with Crippen LogP contribution < -0.4 is 15.1 Å². The highest BCUT2D eigenvalue weighted by molar-refractivity contribution is 9.10. The van der Waals surface area contributed by atoms with Crippen LogP contribution in [0.15, 0.2) is 68.3 Å². The number of methoxy groups -OCH3 is 1. The first-order valence-corrected chi connectivity index (χ1v) is 11.2. The highest BCUT2D eigenvalue weighted by Gasteiger charge is 2.44. The van der Waals surface area contributed by atoms with Crippen molar-refractivity contribution in [3.63, 3.8) is 0 Å². The summed E-state index contributed by atoms with van der Waals surface area (Å²) in [5, 5.41) is 11.2. The predicted molar refractivity (Wildman–Crippen MR) is 130 cm³/mol. The fourth-order valence-electron chi connectivity index (χ4n) is 4.14. The van der Waals surface area contributed by atoms with Gasteiger partial charge in [-0.05, 0) is 70.4 Å². The largest absolute Gasteiger partial charge is 0.503 e. The van der Waals surface area contributed by atoms with E-state index < -0.39 is 11.9 Å². The molecule has 1 aromatic heterocycles. The van der Waals surface area contributed by atoms with Gasteiger partial charge in [-0.15, -0.1) is 0 Å². The number of carbonyl (C=O) groups excluding carboxylic acids is 1. The Hall–Kier alpha value is -3.29. The van der Waals surface area contributed by atoms with E-state index in [-0.39, 0.29) is 28.3 Å². The number of aryl methyl sites for hydroxylation is 1. The normalized spacial score (nSPS) is 15.2. The second kappa shape index (κ2) is 7.93. The van der Waals surface area contributed by atoms with E-state index in [1.54, 1.807) is 48.5 Å². The Morgan fingerprint density at radius 1 is 1.12 bits per heavy atom. The summed E-state index contributed by atoms with van der Waals surface area (Å²) in [5.74, 6) is -0.363. The molecule has 1 unspecified atom stereocenters. The Balaban J connectivity index is 1.84. The van der Waals surface area contributed by atoms with Gasteiger partial charge in [0, 0.05) is 10.7 Å². The first-order chi connectivity index (χ1) is 15.8. The van der Waals surface area contributed by atoms with Crippen molar-refractivity contribution in [2.75, 3.05) is 12.0 Å². The van der Waals surface area contributed by atoms with Crippen LogP contribution in [-0.2, 0) is 0 Å². The van der Waals surface area contributed by atoms with Crippen LogP contribution in [0, 0.1) is 6.92 Å². The Morgan fingerprint density at radius 2 is 1.88 bits per heavy atom. The number of benzene rings is 3. The summed E-state index contributed by atoms with van der Waals surface area (Å²) < 4.78 is 11.6. The number of amides is 1. The topological polar surface area (TPSA) is 80.0 Å². The molecule has 6 nitrogen and oxygen atoms in total. The van der Waals surface area contributed by atoms with Crippen molar-refractivity contribution < 1.29 is 19.1 Å². The van der Waals surface area contributed by atoms with Gasteiger partial charge in [0.05, 0.1) is 28.6 Å². The lowest BCUT2D eigenvalue weighted by atomic mass is 9.97. The van der Waals surface area contributed by atoms with E-state index in [0.29, 0.717) is 31.7 Å². The molecule has 4 aromatic rings. The summed E-state index contributed by atoms with van der Waals surface area (Å²) in [6.45, 7) is 1.86. The van der Waals surface area contributed by atoms with E-state index in [2.05, 4.69) is 15.9 Å². The van der Waals surface area contributed by atoms with Crippen LogP contribution in [0.25, 0.3) is 11.0 Å². The van der Waals surface area contributed by atoms with E-state index in [1.165, 1.54) is 12.0 Å². The first kappa shape index (κ1) is 21.6. The molecule has 2 heterocycles. The third-order valence-corrected chi connectivity index (χ3v) is 6.81. The number of hydrogen-bond donors (Lipinski definition) is 1. The van der Waals surface area contributed by atoms with Crippen LogP contribution in [0.3, 0.4) is 0 Å². The Bertz CT molecular complexity index is 1510. The quantitative estimate of drug-likeness (QED) is 0.355. The molecular weight excluding hydrogens is 510 g/mol. The van der Waals surface area contributed by atoms with Crippen LogP contribution >= 0.6 is 27.5 Å². The molecule has 1 aliphatic rings. The second-order valence-corrected chi connectivity index (χ2v) is 9.00. The van der Waals surface area contributed by atoms with Crippen LogP contribution in [-0.4, -0.2) is 18.1 Å². The van der Waals surface area contributed by atoms with Crippen molar-refractivity contribution in [2.45, 2.75) is 13.0 Å². The number of fused-ring (bicyclic) bond motifs is 2. The number of rotatable bonds is 3. The third-order valence-electron chi connectivity index (χ3n) is 5.80. The molecule has 33 heavy (non-hydrogen) atoms. The minimum Gasteiger partial charge on any atom is -0.503 e. The highest BCUT2D eigenvalue weighted by atomic mass is 79.9. The summed E-state index contributed by atoms with van der Waals surface area (Å²) in [5.41, 5.74) is 2.18. The average molecular weight is 527 g/mol. The number of halogens is 2. The molecule has 0 spiro atoms. The van der Waals surface area contributed by atoms with Crippen molar-refractivity contribution in [1.82, 2.24) is 0 Å². The van der Waals surface area contributed by atoms with E-state index in [0.717, 1.165) is 5.56 Å². The first-order valence-electron chi connectivity index (χ1n) is 10.0. The number of para-hydroxylation sites is 1. The molecule has 0 saturated carbocycles. The van der Waals surface area contributed by atoms with E-state index in [1.807, 2.05) is 13.0 Å². The van der Waals surface area contributed by atoms with Crippen LogP contribution in [0.1, 0.15) is 33.3 Å². The van der Waals surface area contributed by atoms with Crippen molar-refractivity contribution in [2.24, 2.45) is 0 Å². The van der Waals surface area contributed by atoms with Crippen LogP contribution in [0.4, 0.5) is 5.69 Å². The van der Waals surface area contributed by atoms with E-state index in [4.69, 9.17) is 20.8 Å². The summed E-state index contributed by atoms with van der Waals surface area (Å²) >= 11 is 9.71. The standard InChI is InChI=1S/C25H17BrClNO5/c1-12-7-8-14(11-17(12)27)28-21(13-9-16(26)23(30)19(10-13)32-2)20-22(29)15-5-3-4-6-18(15)33-24(20)25(28)31/h3-11,21,30H,1-2H3. The second-order valence-electron chi connectivity index (χ2n) is 7.73. The van der Waals surface area contributed by atoms with Gasteiger partial charge in [-0.25, -0.2) is 0 Å². The lowest BCUT2D eigenvalue weighted by molar-refractivity contribution is 0.0971. The van der Waals surface area contributed by atoms with Crippen molar-refractivity contribution >= 4 is 50.1 Å². The zero-order valence-electron chi connectivity index (χ0n) is 17.6. The van der Waals surface area contributed by atoms with Gasteiger partial charge < -0.3 is 14.3 Å². The number of hydrogen-bond acceptors (Lipinski definition) is 5. The Kier molecular flexibility index (Phi) is 5.18. The minimum absolute atomic E-state index is 0.0245. The average Bonchev–Trinajstić information content (AvgIpc) is 3.10. The maximum atomic E-state index is 13.6. The number of aromatic hydroxyl groups is 1. The number of phenolic OH excluding ortho intramolecular Hbond substituents is 1. The molecule has 0 bridgehead atoms. The van der Waals surface area contributed by atoms with Gasteiger partial charge in [0.15, 0.2) is 16.9 Å². The summed E-state index contributed by atoms with van der Waals surface area (Å²) in [4.78, 5) is 28.7. The highest BCUT2D eigenvalue weighted by Crippen LogP contribution is 2.45. The SMILES string of the molecule is COc1cc(C2c3c(oc4ccccc4c3=O)C(=O)N2c2ccc(C)c(Cl)c2)cc(Br)c1O. The maximum absolute atomic E-state index is 13.6. The van der Waals surface area contributed by atoms with Gasteiger partial charge in [0.1, 0.15) is 5.58 Å². The maximum Gasteiger partial charge on any atom is 0.295 e. The monoisotopic (exact) mass is 525 g/mol. The molecule has 0 fully saturated rings. The molecule has 0 radical (unpaired) electrons. The Labute approximate surface area is 202 Å². The van der Waals surface area contributed by atoms with E-state index in [9.17, 15) is 14.7 Å². The van der Waals surface area contributed by atoms with Gasteiger partial charge in [-0.2, -0.15) is 0 Å². The zero-order chi connectivity index (χ0) is 23.4. The van der Waals surface area contributed by atoms with Gasteiger partial charge >= 0.3 is 0 Å². The number of ether oxygens (including phenoxy) is 1. The fraction of sp³-hybridized carbons (Fsp3) is 0.120. The van der Waals surface area contributed by atoms with Crippen LogP contribution in [0.2, 0.25) is 5.02 Å². The van der Waals surface area contributed by atoms with Gasteiger partial charge in [0.2, 0.25) is 5.76 Å². The molecule has 1 atom stereocenters. The Morgan fingerprint density at radius 3 is 2.61 bits per heavy atom. The van der Waals surface area contributed by atoms with Gasteiger partial charge in [0.25, 0.3) is 5.91 Å². The molecule has 5 rings (SSSR count). The number of anilines is 1. The molecule has 166 valence electrons. The molecular formula is C25H17BrClNO5. The summed E-state index contributed by atoms with van der Waals surface area (Å²) in [6, 6.07) is 14.5. The lowest BCUT2D eigenvalue weighted by Crippen LogP contribution is -2.29. The van der Waals surface area contributed by atoms with Crippen molar-refractivity contribution in [3.8, 4) is 11.5 Å². The van der Waals surface area contributed by atoms with E-state index >= 15 is 0 Å². The third kappa shape index (κ3) is 3.31. The fourth-order valence-corrected chi connectivity index (χ4v) is 4.77. The smallest absolute Gasteiger partial charge is 0.295 e. The molecule has 0 saturated heterocycles. The lowest BCUT2D eigenvalue weighted by Gasteiger charge is -2.26. The molecule has 1 amide bonds. The molecule has 1 N–H and O–H groups in total. The number of phenols is 1. The molecule has 1 aliphatic heterocycles. The zero-order valence-corrected chi connectivity index (χ0v) is 19.9. The van der Waals surface area contributed by atoms with Gasteiger partial charge in [-0.1, -0.05) is 29.8 Å². The minimum atomic E-state index is -0.821.